The van der Waals surface area contributed by atoms with Gasteiger partial charge in [-0.3, -0.25) is 4.68 Å². The van der Waals surface area contributed by atoms with Crippen LogP contribution in [-0.2, 0) is 7.05 Å². The van der Waals surface area contributed by atoms with Crippen LogP contribution < -0.4 is 4.74 Å². The van der Waals surface area contributed by atoms with Crippen LogP contribution in [0.5, 0.6) is 11.5 Å². The molecule has 80 valence electrons. The number of nitrogens with zero attached hydrogens (tertiary/aromatic N) is 3. The zero-order valence-corrected chi connectivity index (χ0v) is 9.14. The predicted molar refractivity (Wildman–Crippen MR) is 59.2 cm³/mol. The van der Waals surface area contributed by atoms with Gasteiger partial charge in [-0.25, -0.2) is 0 Å². The maximum Gasteiger partial charge on any atom is 0.165 e. The number of hydrogen-bond acceptors (Lipinski definition) is 3. The van der Waals surface area contributed by atoms with Gasteiger partial charge in [-0.2, -0.15) is 10.4 Å². The van der Waals surface area contributed by atoms with Crippen molar-refractivity contribution in [1.82, 2.24) is 9.78 Å². The molecule has 0 aliphatic carbocycles. The largest absolute Gasteiger partial charge is 0.454 e. The fourth-order valence-electron chi connectivity index (χ4n) is 1.41. The van der Waals surface area contributed by atoms with Gasteiger partial charge < -0.3 is 4.74 Å². The van der Waals surface area contributed by atoms with E-state index in [1.54, 1.807) is 35.3 Å². The summed E-state index contributed by atoms with van der Waals surface area (Å²) in [5.41, 5.74) is 1.57. The van der Waals surface area contributed by atoms with Gasteiger partial charge in [0.05, 0.1) is 24.0 Å². The molecule has 0 radical (unpaired) electrons. The van der Waals surface area contributed by atoms with Crippen molar-refractivity contribution in [2.24, 2.45) is 7.05 Å². The first-order valence-electron chi connectivity index (χ1n) is 4.86. The number of aryl methyl sites for hydroxylation is 2. The third-order valence-corrected chi connectivity index (χ3v) is 2.21. The van der Waals surface area contributed by atoms with Crippen molar-refractivity contribution in [3.05, 3.63) is 41.7 Å². The molecule has 1 aromatic carbocycles. The molecular weight excluding hydrogens is 202 g/mol. The van der Waals surface area contributed by atoms with E-state index in [9.17, 15) is 0 Å². The summed E-state index contributed by atoms with van der Waals surface area (Å²) < 4.78 is 7.31. The molecule has 0 aliphatic heterocycles. The molecule has 0 N–H and O–H groups in total. The molecule has 2 aromatic rings. The number of aromatic nitrogens is 2. The maximum atomic E-state index is 8.74. The van der Waals surface area contributed by atoms with E-state index in [2.05, 4.69) is 11.2 Å². The Labute approximate surface area is 93.7 Å². The first-order chi connectivity index (χ1) is 7.69. The van der Waals surface area contributed by atoms with Crippen molar-refractivity contribution in [3.63, 3.8) is 0 Å². The van der Waals surface area contributed by atoms with E-state index in [0.717, 1.165) is 11.3 Å². The Morgan fingerprint density at radius 3 is 2.81 bits per heavy atom. The summed E-state index contributed by atoms with van der Waals surface area (Å²) in [6, 6.07) is 7.42. The van der Waals surface area contributed by atoms with Crippen LogP contribution in [0.3, 0.4) is 0 Å². The molecule has 2 rings (SSSR count). The summed E-state index contributed by atoms with van der Waals surface area (Å²) in [6.45, 7) is 1.91. The van der Waals surface area contributed by atoms with Gasteiger partial charge in [-0.15, -0.1) is 0 Å². The lowest BCUT2D eigenvalue weighted by atomic mass is 10.1. The molecule has 1 aromatic heterocycles. The molecule has 0 atom stereocenters. The first kappa shape index (κ1) is 10.2. The van der Waals surface area contributed by atoms with Gasteiger partial charge in [0.1, 0.15) is 5.75 Å². The highest BCUT2D eigenvalue weighted by atomic mass is 16.5. The van der Waals surface area contributed by atoms with Gasteiger partial charge in [0.25, 0.3) is 0 Å². The zero-order chi connectivity index (χ0) is 11.5. The van der Waals surface area contributed by atoms with E-state index in [-0.39, 0.29) is 0 Å². The minimum absolute atomic E-state index is 0.635. The molecule has 16 heavy (non-hydrogen) atoms. The predicted octanol–water partition coefficient (Wildman–Crippen LogP) is 2.39. The molecule has 0 fully saturated rings. The highest BCUT2D eigenvalue weighted by Gasteiger charge is 2.03. The summed E-state index contributed by atoms with van der Waals surface area (Å²) in [5.74, 6) is 1.43. The monoisotopic (exact) mass is 213 g/mol. The third-order valence-electron chi connectivity index (χ3n) is 2.21. The van der Waals surface area contributed by atoms with Crippen LogP contribution in [0.15, 0.2) is 30.6 Å². The highest BCUT2D eigenvalue weighted by molar-refractivity contribution is 5.42. The second-order valence-corrected chi connectivity index (χ2v) is 3.54. The highest BCUT2D eigenvalue weighted by Crippen LogP contribution is 2.24. The van der Waals surface area contributed by atoms with Crippen LogP contribution >= 0.6 is 0 Å². The molecule has 0 aliphatic rings. The molecule has 4 heteroatoms. The lowest BCUT2D eigenvalue weighted by Crippen LogP contribution is -1.88. The lowest BCUT2D eigenvalue weighted by Gasteiger charge is -2.06. The lowest BCUT2D eigenvalue weighted by molar-refractivity contribution is 0.478. The van der Waals surface area contributed by atoms with Crippen LogP contribution in [-0.4, -0.2) is 9.78 Å². The quantitative estimate of drug-likeness (QED) is 0.769. The van der Waals surface area contributed by atoms with Crippen molar-refractivity contribution in [2.75, 3.05) is 0 Å². The summed E-state index contributed by atoms with van der Waals surface area (Å²) in [6.07, 6.45) is 3.44. The Morgan fingerprint density at radius 2 is 2.25 bits per heavy atom. The molecule has 1 heterocycles. The minimum Gasteiger partial charge on any atom is -0.454 e. The molecule has 0 spiro atoms. The van der Waals surface area contributed by atoms with Crippen LogP contribution in [0.4, 0.5) is 0 Å². The Hall–Kier alpha value is -2.28. The standard InChI is InChI=1S/C12H11N3O/c1-9-5-10(6-13)3-4-12(9)16-11-7-14-15(2)8-11/h3-5,7-8H,1-2H3. The van der Waals surface area contributed by atoms with Crippen molar-refractivity contribution in [3.8, 4) is 17.6 Å². The van der Waals surface area contributed by atoms with Crippen LogP contribution in [0.2, 0.25) is 0 Å². The Morgan fingerprint density at radius 1 is 1.44 bits per heavy atom. The number of hydrogen-bond donors (Lipinski definition) is 0. The van der Waals surface area contributed by atoms with E-state index in [0.29, 0.717) is 11.3 Å². The van der Waals surface area contributed by atoms with E-state index >= 15 is 0 Å². The second-order valence-electron chi connectivity index (χ2n) is 3.54. The van der Waals surface area contributed by atoms with E-state index in [1.807, 2.05) is 14.0 Å². The average molecular weight is 213 g/mol. The van der Waals surface area contributed by atoms with Gasteiger partial charge >= 0.3 is 0 Å². The van der Waals surface area contributed by atoms with Gasteiger partial charge in [0.15, 0.2) is 5.75 Å². The summed E-state index contributed by atoms with van der Waals surface area (Å²) >= 11 is 0. The normalized spacial score (nSPS) is 9.81. The smallest absolute Gasteiger partial charge is 0.165 e. The van der Waals surface area contributed by atoms with Gasteiger partial charge in [0, 0.05) is 7.05 Å². The Bertz CT molecular complexity index is 552. The van der Waals surface area contributed by atoms with Crippen LogP contribution in [0.1, 0.15) is 11.1 Å². The van der Waals surface area contributed by atoms with Gasteiger partial charge in [-0.05, 0) is 30.7 Å². The molecule has 0 amide bonds. The maximum absolute atomic E-state index is 8.74. The summed E-state index contributed by atoms with van der Waals surface area (Å²) in [4.78, 5) is 0. The molecule has 0 unspecified atom stereocenters. The summed E-state index contributed by atoms with van der Waals surface area (Å²) in [5, 5.41) is 12.8. The Kier molecular flexibility index (Phi) is 2.61. The van der Waals surface area contributed by atoms with Crippen molar-refractivity contribution in [1.29, 1.82) is 5.26 Å². The first-order valence-corrected chi connectivity index (χ1v) is 4.86. The van der Waals surface area contributed by atoms with E-state index in [4.69, 9.17) is 10.00 Å². The third kappa shape index (κ3) is 2.04. The molecule has 0 saturated carbocycles. The number of benzene rings is 1. The zero-order valence-electron chi connectivity index (χ0n) is 9.14. The number of ether oxygens (including phenoxy) is 1. The van der Waals surface area contributed by atoms with Crippen molar-refractivity contribution >= 4 is 0 Å². The molecule has 0 saturated heterocycles. The van der Waals surface area contributed by atoms with Crippen LogP contribution in [0, 0.1) is 18.3 Å². The van der Waals surface area contributed by atoms with Crippen molar-refractivity contribution in [2.45, 2.75) is 6.92 Å². The van der Waals surface area contributed by atoms with Crippen LogP contribution in [0.25, 0.3) is 0 Å². The summed E-state index contributed by atoms with van der Waals surface area (Å²) in [7, 11) is 1.83. The SMILES string of the molecule is Cc1cc(C#N)ccc1Oc1cnn(C)c1. The molecule has 4 nitrogen and oxygen atoms in total. The fraction of sp³-hybridized carbons (Fsp3) is 0.167. The topological polar surface area (TPSA) is 50.8 Å². The average Bonchev–Trinajstić information content (AvgIpc) is 2.67. The molecular formula is C12H11N3O. The van der Waals surface area contributed by atoms with Crippen molar-refractivity contribution < 1.29 is 4.74 Å². The number of nitriles is 1. The Balaban J connectivity index is 2.26. The van der Waals surface area contributed by atoms with Gasteiger partial charge in [-0.1, -0.05) is 0 Å². The minimum atomic E-state index is 0.635. The second kappa shape index (κ2) is 4.07. The molecule has 0 bridgehead atoms. The van der Waals surface area contributed by atoms with E-state index < -0.39 is 0 Å². The van der Waals surface area contributed by atoms with E-state index in [1.165, 1.54) is 0 Å². The fourth-order valence-corrected chi connectivity index (χ4v) is 1.41. The van der Waals surface area contributed by atoms with Gasteiger partial charge in [0.2, 0.25) is 0 Å². The number of rotatable bonds is 2.